The fourth-order valence-electron chi connectivity index (χ4n) is 3.48. The lowest BCUT2D eigenvalue weighted by Gasteiger charge is -2.32. The predicted octanol–water partition coefficient (Wildman–Crippen LogP) is 3.54. The van der Waals surface area contributed by atoms with Crippen molar-refractivity contribution in [1.82, 2.24) is 0 Å². The Morgan fingerprint density at radius 2 is 2.00 bits per heavy atom. The molecule has 2 aliphatic rings. The van der Waals surface area contributed by atoms with E-state index in [0.717, 1.165) is 11.8 Å². The first-order valence-corrected chi connectivity index (χ1v) is 7.02. The van der Waals surface area contributed by atoms with Gasteiger partial charge in [0.15, 0.2) is 5.78 Å². The molecule has 0 heterocycles. The van der Waals surface area contributed by atoms with Crippen LogP contribution in [0.5, 0.6) is 0 Å². The van der Waals surface area contributed by atoms with Crippen molar-refractivity contribution in [3.8, 4) is 0 Å². The van der Waals surface area contributed by atoms with Gasteiger partial charge in [-0.2, -0.15) is 0 Å². The van der Waals surface area contributed by atoms with Crippen LogP contribution in [0.1, 0.15) is 33.6 Å². The molecular formula is C11H16Br2O. The Kier molecular flexibility index (Phi) is 2.26. The van der Waals surface area contributed by atoms with E-state index < -0.39 is 0 Å². The quantitative estimate of drug-likeness (QED) is 0.675. The molecule has 0 saturated heterocycles. The number of alkyl halides is 2. The van der Waals surface area contributed by atoms with Crippen LogP contribution in [0, 0.1) is 16.7 Å². The van der Waals surface area contributed by atoms with Crippen molar-refractivity contribution in [2.45, 2.75) is 37.9 Å². The molecule has 80 valence electrons. The topological polar surface area (TPSA) is 17.1 Å². The summed E-state index contributed by atoms with van der Waals surface area (Å²) >= 11 is 7.16. The molecule has 2 aliphatic carbocycles. The minimum atomic E-state index is -0.302. The highest BCUT2D eigenvalue weighted by Crippen LogP contribution is 2.69. The molecule has 0 spiro atoms. The zero-order chi connectivity index (χ0) is 10.8. The standard InChI is InChI=1S/C11H16Br2O/c1-9(2)7-4-5-10(9,3)8(14)11(7,13)6-12/h7H,4-6H2,1-3H3/t7-,10-,11-/m0/s1. The maximum absolute atomic E-state index is 12.4. The van der Waals surface area contributed by atoms with Gasteiger partial charge in [0, 0.05) is 10.7 Å². The van der Waals surface area contributed by atoms with Gasteiger partial charge in [0.2, 0.25) is 0 Å². The van der Waals surface area contributed by atoms with Crippen LogP contribution < -0.4 is 0 Å². The summed E-state index contributed by atoms with van der Waals surface area (Å²) in [7, 11) is 0. The first-order valence-electron chi connectivity index (χ1n) is 5.10. The summed E-state index contributed by atoms with van der Waals surface area (Å²) in [5, 5.41) is 0.739. The molecule has 0 aliphatic heterocycles. The van der Waals surface area contributed by atoms with Crippen molar-refractivity contribution in [2.75, 3.05) is 5.33 Å². The maximum atomic E-state index is 12.4. The van der Waals surface area contributed by atoms with Crippen LogP contribution in [0.15, 0.2) is 0 Å². The van der Waals surface area contributed by atoms with E-state index >= 15 is 0 Å². The van der Waals surface area contributed by atoms with E-state index in [1.807, 2.05) is 0 Å². The highest BCUT2D eigenvalue weighted by Gasteiger charge is 2.71. The predicted molar refractivity (Wildman–Crippen MR) is 65.1 cm³/mol. The molecule has 3 atom stereocenters. The van der Waals surface area contributed by atoms with Gasteiger partial charge in [-0.15, -0.1) is 0 Å². The number of fused-ring (bicyclic) bond motifs is 2. The first-order chi connectivity index (χ1) is 6.30. The number of halogens is 2. The maximum Gasteiger partial charge on any atom is 0.157 e. The molecule has 3 heteroatoms. The number of carbonyl (C=O) groups excluding carboxylic acids is 1. The summed E-state index contributed by atoms with van der Waals surface area (Å²) < 4.78 is -0.302. The lowest BCUT2D eigenvalue weighted by atomic mass is 9.70. The molecule has 0 aromatic heterocycles. The van der Waals surface area contributed by atoms with Crippen molar-refractivity contribution in [2.24, 2.45) is 16.7 Å². The SMILES string of the molecule is CC1(C)[C@@H]2CC[C@@]1(C)C(=O)[C@]2(Br)CBr. The molecule has 2 rings (SSSR count). The Balaban J connectivity index is 2.55. The summed E-state index contributed by atoms with van der Waals surface area (Å²) in [6, 6.07) is 0. The zero-order valence-corrected chi connectivity index (χ0v) is 12.0. The van der Waals surface area contributed by atoms with Crippen LogP contribution in [-0.4, -0.2) is 15.4 Å². The number of hydrogen-bond acceptors (Lipinski definition) is 1. The summed E-state index contributed by atoms with van der Waals surface area (Å²) in [6.07, 6.45) is 2.23. The van der Waals surface area contributed by atoms with E-state index in [0.29, 0.717) is 11.7 Å². The smallest absolute Gasteiger partial charge is 0.157 e. The molecule has 2 saturated carbocycles. The van der Waals surface area contributed by atoms with Gasteiger partial charge in [0.05, 0.1) is 4.32 Å². The largest absolute Gasteiger partial charge is 0.297 e. The summed E-state index contributed by atoms with van der Waals surface area (Å²) in [6.45, 7) is 6.63. The van der Waals surface area contributed by atoms with Crippen LogP contribution in [0.2, 0.25) is 0 Å². The number of Topliss-reactive ketones (excluding diaryl/α,β-unsaturated/α-hetero) is 1. The monoisotopic (exact) mass is 322 g/mol. The van der Waals surface area contributed by atoms with Crippen LogP contribution in [0.3, 0.4) is 0 Å². The molecule has 2 bridgehead atoms. The minimum Gasteiger partial charge on any atom is -0.297 e. The summed E-state index contributed by atoms with van der Waals surface area (Å²) in [5.41, 5.74) is 0.0241. The molecule has 0 aromatic rings. The van der Waals surface area contributed by atoms with Gasteiger partial charge in [-0.25, -0.2) is 0 Å². The molecule has 0 N–H and O–H groups in total. The Bertz CT molecular complexity index is 300. The van der Waals surface area contributed by atoms with Crippen LogP contribution in [-0.2, 0) is 4.79 Å². The van der Waals surface area contributed by atoms with Gasteiger partial charge in [-0.1, -0.05) is 52.6 Å². The van der Waals surface area contributed by atoms with Gasteiger partial charge in [0.1, 0.15) is 0 Å². The average Bonchev–Trinajstić information content (AvgIpc) is 2.41. The summed E-state index contributed by atoms with van der Waals surface area (Å²) in [5.74, 6) is 0.884. The number of rotatable bonds is 1. The Labute approximate surface area is 102 Å². The van der Waals surface area contributed by atoms with E-state index in [4.69, 9.17) is 0 Å². The molecule has 14 heavy (non-hydrogen) atoms. The third-order valence-electron chi connectivity index (χ3n) is 4.85. The first kappa shape index (κ1) is 11.1. The molecule has 0 unspecified atom stereocenters. The van der Waals surface area contributed by atoms with Gasteiger partial charge in [-0.05, 0) is 24.2 Å². The Morgan fingerprint density at radius 3 is 2.29 bits per heavy atom. The molecule has 2 fully saturated rings. The highest BCUT2D eigenvalue weighted by atomic mass is 79.9. The van der Waals surface area contributed by atoms with Crippen LogP contribution in [0.25, 0.3) is 0 Å². The minimum absolute atomic E-state index is 0.116. The fraction of sp³-hybridized carbons (Fsp3) is 0.909. The van der Waals surface area contributed by atoms with Crippen molar-refractivity contribution in [1.29, 1.82) is 0 Å². The lowest BCUT2D eigenvalue weighted by molar-refractivity contribution is -0.129. The third kappa shape index (κ3) is 0.940. The second-order valence-electron chi connectivity index (χ2n) is 5.47. The summed E-state index contributed by atoms with van der Waals surface area (Å²) in [4.78, 5) is 12.4. The highest BCUT2D eigenvalue weighted by molar-refractivity contribution is 9.12. The Hall–Kier alpha value is 0.630. The molecule has 0 aromatic carbocycles. The lowest BCUT2D eigenvalue weighted by Crippen LogP contribution is -2.42. The van der Waals surface area contributed by atoms with Crippen molar-refractivity contribution in [3.05, 3.63) is 0 Å². The van der Waals surface area contributed by atoms with E-state index in [1.54, 1.807) is 0 Å². The van der Waals surface area contributed by atoms with Crippen LogP contribution >= 0.6 is 31.9 Å². The van der Waals surface area contributed by atoms with Crippen LogP contribution in [0.4, 0.5) is 0 Å². The molecule has 0 radical (unpaired) electrons. The number of ketones is 1. The molecular weight excluding hydrogens is 308 g/mol. The molecule has 1 nitrogen and oxygen atoms in total. The van der Waals surface area contributed by atoms with E-state index in [1.165, 1.54) is 6.42 Å². The third-order valence-corrected chi connectivity index (χ3v) is 7.68. The second kappa shape index (κ2) is 2.85. The van der Waals surface area contributed by atoms with Gasteiger partial charge in [-0.3, -0.25) is 4.79 Å². The average molecular weight is 324 g/mol. The van der Waals surface area contributed by atoms with Gasteiger partial charge < -0.3 is 0 Å². The van der Waals surface area contributed by atoms with E-state index in [9.17, 15) is 4.79 Å². The second-order valence-corrected chi connectivity index (χ2v) is 7.45. The molecule has 0 amide bonds. The van der Waals surface area contributed by atoms with Gasteiger partial charge >= 0.3 is 0 Å². The zero-order valence-electron chi connectivity index (χ0n) is 8.86. The van der Waals surface area contributed by atoms with E-state index in [-0.39, 0.29) is 15.2 Å². The van der Waals surface area contributed by atoms with Crippen molar-refractivity contribution in [3.63, 3.8) is 0 Å². The van der Waals surface area contributed by atoms with Gasteiger partial charge in [0.25, 0.3) is 0 Å². The van der Waals surface area contributed by atoms with E-state index in [2.05, 4.69) is 52.6 Å². The van der Waals surface area contributed by atoms with Crippen molar-refractivity contribution < 1.29 is 4.79 Å². The van der Waals surface area contributed by atoms with Crippen molar-refractivity contribution >= 4 is 37.6 Å². The Morgan fingerprint density at radius 1 is 1.43 bits per heavy atom. The number of carbonyl (C=O) groups is 1. The number of hydrogen-bond donors (Lipinski definition) is 0. The normalized spacial score (nSPS) is 50.1. The fourth-order valence-corrected chi connectivity index (χ4v) is 5.36.